The Kier molecular flexibility index (Phi) is 3.05. The van der Waals surface area contributed by atoms with Crippen LogP contribution in [-0.4, -0.2) is 21.6 Å². The Labute approximate surface area is 115 Å². The number of H-pyrrole nitrogens is 1. The number of pyridine rings is 1. The van der Waals surface area contributed by atoms with E-state index in [1.807, 2.05) is 25.1 Å². The normalized spacial score (nSPS) is 10.4. The quantitative estimate of drug-likeness (QED) is 0.789. The van der Waals surface area contributed by atoms with Gasteiger partial charge in [0.05, 0.1) is 29.3 Å². The smallest absolute Gasteiger partial charge is 0.213 e. The van der Waals surface area contributed by atoms with Crippen molar-refractivity contribution < 1.29 is 4.74 Å². The van der Waals surface area contributed by atoms with Crippen molar-refractivity contribution in [1.82, 2.24) is 15.0 Å². The van der Waals surface area contributed by atoms with E-state index in [1.165, 1.54) is 0 Å². The van der Waals surface area contributed by atoms with E-state index in [9.17, 15) is 0 Å². The molecule has 98 valence electrons. The summed E-state index contributed by atoms with van der Waals surface area (Å²) in [6.07, 6.45) is 1.69. The van der Waals surface area contributed by atoms with E-state index in [0.29, 0.717) is 18.1 Å². The highest BCUT2D eigenvalue weighted by Gasteiger charge is 2.07. The third-order valence-corrected chi connectivity index (χ3v) is 2.91. The van der Waals surface area contributed by atoms with Crippen LogP contribution in [0.5, 0.6) is 5.88 Å². The van der Waals surface area contributed by atoms with Gasteiger partial charge in [-0.25, -0.2) is 9.97 Å². The summed E-state index contributed by atoms with van der Waals surface area (Å²) in [4.78, 5) is 11.9. The summed E-state index contributed by atoms with van der Waals surface area (Å²) in [5.41, 5.74) is 3.18. The van der Waals surface area contributed by atoms with Gasteiger partial charge in [-0.15, -0.1) is 0 Å². The van der Waals surface area contributed by atoms with Crippen LogP contribution in [0, 0.1) is 11.3 Å². The number of hydrogen-bond acceptors (Lipinski definition) is 4. The lowest BCUT2D eigenvalue weighted by Gasteiger charge is -2.02. The van der Waals surface area contributed by atoms with Gasteiger partial charge in [-0.05, 0) is 31.2 Å². The maximum absolute atomic E-state index is 8.91. The van der Waals surface area contributed by atoms with E-state index in [4.69, 9.17) is 10.00 Å². The fraction of sp³-hybridized carbons (Fsp3) is 0.133. The van der Waals surface area contributed by atoms with E-state index >= 15 is 0 Å². The van der Waals surface area contributed by atoms with Crippen molar-refractivity contribution in [3.63, 3.8) is 0 Å². The summed E-state index contributed by atoms with van der Waals surface area (Å²) in [6.45, 7) is 2.49. The van der Waals surface area contributed by atoms with Crippen LogP contribution in [0.2, 0.25) is 0 Å². The number of ether oxygens (including phenoxy) is 1. The Hall–Kier alpha value is -2.87. The predicted octanol–water partition coefficient (Wildman–Crippen LogP) is 2.90. The first-order chi connectivity index (χ1) is 9.80. The van der Waals surface area contributed by atoms with Gasteiger partial charge in [0.25, 0.3) is 0 Å². The van der Waals surface area contributed by atoms with Crippen molar-refractivity contribution in [1.29, 1.82) is 5.26 Å². The molecule has 5 nitrogen and oxygen atoms in total. The van der Waals surface area contributed by atoms with Crippen molar-refractivity contribution in [3.05, 3.63) is 42.1 Å². The maximum Gasteiger partial charge on any atom is 0.213 e. The van der Waals surface area contributed by atoms with E-state index in [-0.39, 0.29) is 0 Å². The lowest BCUT2D eigenvalue weighted by Crippen LogP contribution is -1.94. The Morgan fingerprint density at radius 3 is 3.00 bits per heavy atom. The fourth-order valence-corrected chi connectivity index (χ4v) is 2.00. The molecule has 1 aromatic carbocycles. The first kappa shape index (κ1) is 12.2. The average Bonchev–Trinajstić information content (AvgIpc) is 2.90. The number of aromatic amines is 1. The van der Waals surface area contributed by atoms with Crippen LogP contribution >= 0.6 is 0 Å². The number of nitrogens with zero attached hydrogens (tertiary/aromatic N) is 3. The summed E-state index contributed by atoms with van der Waals surface area (Å²) >= 11 is 0. The summed E-state index contributed by atoms with van der Waals surface area (Å²) in [7, 11) is 0. The van der Waals surface area contributed by atoms with E-state index in [1.54, 1.807) is 18.3 Å². The monoisotopic (exact) mass is 264 g/mol. The molecule has 0 spiro atoms. The van der Waals surface area contributed by atoms with Gasteiger partial charge in [0.1, 0.15) is 5.82 Å². The number of nitrogens with one attached hydrogen (secondary N) is 1. The molecule has 0 aliphatic rings. The molecule has 0 saturated heterocycles. The van der Waals surface area contributed by atoms with Crippen molar-refractivity contribution in [2.45, 2.75) is 6.92 Å². The van der Waals surface area contributed by atoms with Gasteiger partial charge < -0.3 is 9.72 Å². The molecule has 0 fully saturated rings. The van der Waals surface area contributed by atoms with E-state index in [0.717, 1.165) is 22.4 Å². The topological polar surface area (TPSA) is 74.6 Å². The molecule has 5 heteroatoms. The molecular weight excluding hydrogens is 252 g/mol. The number of rotatable bonds is 3. The maximum atomic E-state index is 8.91. The number of hydrogen-bond donors (Lipinski definition) is 1. The van der Waals surface area contributed by atoms with Crippen LogP contribution in [0.4, 0.5) is 0 Å². The van der Waals surface area contributed by atoms with Crippen LogP contribution in [0.3, 0.4) is 0 Å². The molecule has 0 aliphatic carbocycles. The lowest BCUT2D eigenvalue weighted by molar-refractivity contribution is 0.327. The predicted molar refractivity (Wildman–Crippen MR) is 75.2 cm³/mol. The molecule has 20 heavy (non-hydrogen) atoms. The highest BCUT2D eigenvalue weighted by atomic mass is 16.5. The summed E-state index contributed by atoms with van der Waals surface area (Å²) in [5.74, 6) is 1.31. The zero-order chi connectivity index (χ0) is 13.9. The largest absolute Gasteiger partial charge is 0.478 e. The first-order valence-electron chi connectivity index (χ1n) is 6.29. The molecular formula is C15H12N4O. The van der Waals surface area contributed by atoms with Crippen molar-refractivity contribution in [2.75, 3.05) is 6.61 Å². The summed E-state index contributed by atoms with van der Waals surface area (Å²) < 4.78 is 5.38. The molecule has 2 heterocycles. The van der Waals surface area contributed by atoms with Gasteiger partial charge in [-0.2, -0.15) is 5.26 Å². The number of nitriles is 1. The molecule has 2 aromatic heterocycles. The van der Waals surface area contributed by atoms with Gasteiger partial charge in [-0.3, -0.25) is 0 Å². The Balaban J connectivity index is 2.06. The van der Waals surface area contributed by atoms with E-state index < -0.39 is 0 Å². The molecule has 0 amide bonds. The highest BCUT2D eigenvalue weighted by molar-refractivity contribution is 5.80. The zero-order valence-electron chi connectivity index (χ0n) is 10.9. The van der Waals surface area contributed by atoms with E-state index in [2.05, 4.69) is 21.0 Å². The molecule has 0 aliphatic heterocycles. The average molecular weight is 264 g/mol. The second-order valence-corrected chi connectivity index (χ2v) is 4.24. The minimum atomic E-state index is 0.572. The third-order valence-electron chi connectivity index (χ3n) is 2.91. The van der Waals surface area contributed by atoms with Gasteiger partial charge in [0, 0.05) is 17.8 Å². The van der Waals surface area contributed by atoms with Crippen molar-refractivity contribution in [3.8, 4) is 23.3 Å². The summed E-state index contributed by atoms with van der Waals surface area (Å²) in [6, 6.07) is 11.2. The minimum absolute atomic E-state index is 0.572. The van der Waals surface area contributed by atoms with Crippen LogP contribution in [0.1, 0.15) is 12.5 Å². The summed E-state index contributed by atoms with van der Waals surface area (Å²) in [5, 5.41) is 8.91. The number of benzene rings is 1. The van der Waals surface area contributed by atoms with Crippen LogP contribution in [-0.2, 0) is 0 Å². The fourth-order valence-electron chi connectivity index (χ4n) is 2.00. The van der Waals surface area contributed by atoms with Crippen LogP contribution in [0.25, 0.3) is 22.4 Å². The van der Waals surface area contributed by atoms with Gasteiger partial charge in [0.15, 0.2) is 0 Å². The lowest BCUT2D eigenvalue weighted by atomic mass is 10.2. The first-order valence-corrected chi connectivity index (χ1v) is 6.29. The standard InChI is InChI=1S/C15H12N4O/c1-2-20-14-8-11(5-6-17-14)15-18-12-4-3-10(9-16)7-13(12)19-15/h3-8H,2H2,1H3,(H,18,19). The third kappa shape index (κ3) is 2.19. The van der Waals surface area contributed by atoms with Crippen molar-refractivity contribution >= 4 is 11.0 Å². The number of imidazole rings is 1. The van der Waals surface area contributed by atoms with Gasteiger partial charge in [-0.1, -0.05) is 0 Å². The number of fused-ring (bicyclic) bond motifs is 1. The molecule has 0 atom stereocenters. The molecule has 0 unspecified atom stereocenters. The Morgan fingerprint density at radius 2 is 2.20 bits per heavy atom. The second kappa shape index (κ2) is 5.02. The zero-order valence-corrected chi connectivity index (χ0v) is 10.9. The Morgan fingerprint density at radius 1 is 1.30 bits per heavy atom. The number of aromatic nitrogens is 3. The van der Waals surface area contributed by atoms with Gasteiger partial charge >= 0.3 is 0 Å². The Bertz CT molecular complexity index is 801. The van der Waals surface area contributed by atoms with Crippen LogP contribution in [0.15, 0.2) is 36.5 Å². The molecule has 0 radical (unpaired) electrons. The van der Waals surface area contributed by atoms with Gasteiger partial charge in [0.2, 0.25) is 5.88 Å². The second-order valence-electron chi connectivity index (χ2n) is 4.24. The molecule has 0 saturated carbocycles. The van der Waals surface area contributed by atoms with Crippen LogP contribution < -0.4 is 4.74 Å². The molecule has 3 rings (SSSR count). The molecule has 0 bridgehead atoms. The van der Waals surface area contributed by atoms with Crippen molar-refractivity contribution in [2.24, 2.45) is 0 Å². The SMILES string of the molecule is CCOc1cc(-c2nc3ccc(C#N)cc3[nH]2)ccn1. The molecule has 1 N–H and O–H groups in total. The highest BCUT2D eigenvalue weighted by Crippen LogP contribution is 2.23. The minimum Gasteiger partial charge on any atom is -0.478 e. The molecule has 3 aromatic rings.